The lowest BCUT2D eigenvalue weighted by molar-refractivity contribution is 0.0957. The van der Waals surface area contributed by atoms with Crippen molar-refractivity contribution in [2.45, 2.75) is 0 Å². The first kappa shape index (κ1) is 9.62. The lowest BCUT2D eigenvalue weighted by Crippen LogP contribution is -2.24. The molecule has 74 valence electrons. The number of halogens is 2. The smallest absolute Gasteiger partial charge is 0.255 e. The maximum Gasteiger partial charge on any atom is 0.255 e. The van der Waals surface area contributed by atoms with Crippen molar-refractivity contribution in [2.24, 2.45) is 0 Å². The minimum atomic E-state index is -0.184. The third-order valence-electron chi connectivity index (χ3n) is 1.93. The van der Waals surface area contributed by atoms with E-state index in [4.69, 9.17) is 27.9 Å². The molecule has 1 heterocycles. The highest BCUT2D eigenvalue weighted by atomic mass is 35.5. The lowest BCUT2D eigenvalue weighted by atomic mass is 10.2. The van der Waals surface area contributed by atoms with E-state index >= 15 is 0 Å². The molecule has 1 aromatic rings. The molecule has 0 saturated heterocycles. The summed E-state index contributed by atoms with van der Waals surface area (Å²) in [5.74, 6) is 0.185. The number of nitrogens with one attached hydrogen (secondary N) is 1. The maximum atomic E-state index is 11.5. The van der Waals surface area contributed by atoms with Crippen molar-refractivity contribution in [1.29, 1.82) is 0 Å². The van der Waals surface area contributed by atoms with Gasteiger partial charge in [0.25, 0.3) is 5.91 Å². The first-order valence-electron chi connectivity index (χ1n) is 4.09. The third-order valence-corrected chi connectivity index (χ3v) is 2.72. The van der Waals surface area contributed by atoms with Crippen LogP contribution < -0.4 is 10.1 Å². The molecule has 1 aliphatic rings. The molecule has 14 heavy (non-hydrogen) atoms. The zero-order valence-electron chi connectivity index (χ0n) is 7.14. The number of carbonyl (C=O) groups is 1. The molecule has 1 N–H and O–H groups in total. The first-order valence-corrected chi connectivity index (χ1v) is 4.85. The van der Waals surface area contributed by atoms with Crippen LogP contribution >= 0.6 is 23.2 Å². The predicted octanol–water partition coefficient (Wildman–Crippen LogP) is 2.12. The van der Waals surface area contributed by atoms with Gasteiger partial charge in [0.05, 0.1) is 17.1 Å². The Morgan fingerprint density at radius 2 is 2.14 bits per heavy atom. The molecule has 0 saturated carbocycles. The summed E-state index contributed by atoms with van der Waals surface area (Å²) in [6.45, 7) is 0.875. The molecule has 0 fully saturated rings. The normalized spacial score (nSPS) is 15.1. The Labute approximate surface area is 91.0 Å². The Kier molecular flexibility index (Phi) is 2.52. The van der Waals surface area contributed by atoms with Gasteiger partial charge in [0.2, 0.25) is 0 Å². The van der Waals surface area contributed by atoms with E-state index in [1.54, 1.807) is 12.1 Å². The van der Waals surface area contributed by atoms with E-state index in [1.807, 2.05) is 0 Å². The Morgan fingerprint density at radius 3 is 2.93 bits per heavy atom. The number of hydrogen-bond donors (Lipinski definition) is 1. The summed E-state index contributed by atoms with van der Waals surface area (Å²) in [5, 5.41) is 3.36. The van der Waals surface area contributed by atoms with Gasteiger partial charge in [-0.05, 0) is 12.1 Å². The van der Waals surface area contributed by atoms with Gasteiger partial charge >= 0.3 is 0 Å². The number of fused-ring (bicyclic) bond motifs is 1. The Morgan fingerprint density at radius 1 is 1.36 bits per heavy atom. The Bertz CT molecular complexity index is 393. The van der Waals surface area contributed by atoms with Crippen LogP contribution in [0.1, 0.15) is 10.4 Å². The van der Waals surface area contributed by atoms with E-state index in [0.717, 1.165) is 0 Å². The number of hydrogen-bond acceptors (Lipinski definition) is 2. The van der Waals surface area contributed by atoms with Gasteiger partial charge in [-0.15, -0.1) is 0 Å². The van der Waals surface area contributed by atoms with Crippen LogP contribution in [0.15, 0.2) is 12.1 Å². The molecule has 0 aromatic heterocycles. The molecule has 1 aromatic carbocycles. The quantitative estimate of drug-likeness (QED) is 0.743. The zero-order valence-corrected chi connectivity index (χ0v) is 8.65. The monoisotopic (exact) mass is 231 g/mol. The van der Waals surface area contributed by atoms with Crippen LogP contribution in [-0.4, -0.2) is 19.1 Å². The summed E-state index contributed by atoms with van der Waals surface area (Å²) in [5.41, 5.74) is 0.428. The summed E-state index contributed by atoms with van der Waals surface area (Å²) in [6, 6.07) is 3.18. The van der Waals surface area contributed by atoms with Gasteiger partial charge < -0.3 is 10.1 Å². The van der Waals surface area contributed by atoms with E-state index in [1.165, 1.54) is 0 Å². The highest BCUT2D eigenvalue weighted by molar-refractivity contribution is 6.43. The average Bonchev–Trinajstić information content (AvgIpc) is 2.35. The van der Waals surface area contributed by atoms with Crippen molar-refractivity contribution in [3.8, 4) is 5.75 Å². The Balaban J connectivity index is 2.58. The lowest BCUT2D eigenvalue weighted by Gasteiger charge is -2.07. The molecule has 5 heteroatoms. The highest BCUT2D eigenvalue weighted by Gasteiger charge is 2.20. The number of benzene rings is 1. The maximum absolute atomic E-state index is 11.5. The van der Waals surface area contributed by atoms with Crippen LogP contribution in [0.4, 0.5) is 0 Å². The molecule has 0 bridgehead atoms. The fourth-order valence-electron chi connectivity index (χ4n) is 1.26. The van der Waals surface area contributed by atoms with E-state index in [9.17, 15) is 4.79 Å². The number of rotatable bonds is 0. The fraction of sp³-hybridized carbons (Fsp3) is 0.222. The van der Waals surface area contributed by atoms with Gasteiger partial charge in [-0.3, -0.25) is 4.79 Å². The molecule has 0 radical (unpaired) electrons. The van der Waals surface area contributed by atoms with E-state index in [0.29, 0.717) is 34.5 Å². The number of carbonyl (C=O) groups excluding carboxylic acids is 1. The van der Waals surface area contributed by atoms with Crippen molar-refractivity contribution in [3.05, 3.63) is 27.7 Å². The minimum Gasteiger partial charge on any atom is -0.489 e. The second kappa shape index (κ2) is 3.67. The van der Waals surface area contributed by atoms with Gasteiger partial charge in [0, 0.05) is 0 Å². The largest absolute Gasteiger partial charge is 0.489 e. The molecule has 3 nitrogen and oxygen atoms in total. The first-order chi connectivity index (χ1) is 6.70. The van der Waals surface area contributed by atoms with Crippen LogP contribution in [0, 0.1) is 0 Å². The van der Waals surface area contributed by atoms with E-state index < -0.39 is 0 Å². The minimum absolute atomic E-state index is 0.184. The highest BCUT2D eigenvalue weighted by Crippen LogP contribution is 2.35. The van der Waals surface area contributed by atoms with E-state index in [-0.39, 0.29) is 5.91 Å². The Hall–Kier alpha value is -0.930. The second-order valence-electron chi connectivity index (χ2n) is 2.84. The molecular formula is C9H7Cl2NO2. The fourth-order valence-corrected chi connectivity index (χ4v) is 1.63. The van der Waals surface area contributed by atoms with Crippen LogP contribution in [0.25, 0.3) is 0 Å². The van der Waals surface area contributed by atoms with Crippen LogP contribution in [-0.2, 0) is 0 Å². The SMILES string of the molecule is O=C1NCCOc2c1ccc(Cl)c2Cl. The van der Waals surface area contributed by atoms with Crippen molar-refractivity contribution in [3.63, 3.8) is 0 Å². The van der Waals surface area contributed by atoms with Crippen LogP contribution in [0.5, 0.6) is 5.75 Å². The molecule has 2 rings (SSSR count). The molecular weight excluding hydrogens is 225 g/mol. The number of amides is 1. The summed E-state index contributed by atoms with van der Waals surface area (Å²) < 4.78 is 5.33. The predicted molar refractivity (Wildman–Crippen MR) is 54.3 cm³/mol. The zero-order chi connectivity index (χ0) is 10.1. The standard InChI is InChI=1S/C9H7Cl2NO2/c10-6-2-1-5-8(7(6)11)14-4-3-12-9(5)13/h1-2H,3-4H2,(H,12,13). The third kappa shape index (κ3) is 1.53. The summed E-state index contributed by atoms with van der Waals surface area (Å²) in [7, 11) is 0. The van der Waals surface area contributed by atoms with Crippen molar-refractivity contribution in [1.82, 2.24) is 5.32 Å². The van der Waals surface area contributed by atoms with Crippen molar-refractivity contribution >= 4 is 29.1 Å². The average molecular weight is 232 g/mol. The summed E-state index contributed by atoms with van der Waals surface area (Å²) in [4.78, 5) is 11.5. The molecule has 0 aliphatic carbocycles. The van der Waals surface area contributed by atoms with Crippen molar-refractivity contribution in [2.75, 3.05) is 13.2 Å². The van der Waals surface area contributed by atoms with Crippen LogP contribution in [0.2, 0.25) is 10.0 Å². The van der Waals surface area contributed by atoms with Crippen LogP contribution in [0.3, 0.4) is 0 Å². The summed E-state index contributed by atoms with van der Waals surface area (Å²) >= 11 is 11.7. The molecule has 0 unspecified atom stereocenters. The molecule has 0 spiro atoms. The van der Waals surface area contributed by atoms with Gasteiger partial charge in [-0.1, -0.05) is 23.2 Å². The second-order valence-corrected chi connectivity index (χ2v) is 3.63. The molecule has 1 amide bonds. The summed E-state index contributed by atoms with van der Waals surface area (Å²) in [6.07, 6.45) is 0. The topological polar surface area (TPSA) is 38.3 Å². The van der Waals surface area contributed by atoms with Gasteiger partial charge in [0.15, 0.2) is 5.75 Å². The van der Waals surface area contributed by atoms with Gasteiger partial charge in [0.1, 0.15) is 11.6 Å². The molecule has 1 aliphatic heterocycles. The van der Waals surface area contributed by atoms with Gasteiger partial charge in [-0.2, -0.15) is 0 Å². The van der Waals surface area contributed by atoms with Crippen molar-refractivity contribution < 1.29 is 9.53 Å². The number of ether oxygens (including phenoxy) is 1. The molecule has 0 atom stereocenters. The van der Waals surface area contributed by atoms with Gasteiger partial charge in [-0.25, -0.2) is 0 Å². The van der Waals surface area contributed by atoms with E-state index in [2.05, 4.69) is 5.32 Å².